The molecule has 0 fully saturated rings. The number of anilines is 1. The first kappa shape index (κ1) is 20.8. The van der Waals surface area contributed by atoms with Crippen molar-refractivity contribution in [3.05, 3.63) is 128 Å². The highest BCUT2D eigenvalue weighted by molar-refractivity contribution is 6.21. The van der Waals surface area contributed by atoms with Gasteiger partial charge in [-0.15, -0.1) is 15.7 Å². The maximum Gasteiger partial charge on any atom is 0.242 e. The van der Waals surface area contributed by atoms with Gasteiger partial charge in [-0.25, -0.2) is 4.68 Å². The van der Waals surface area contributed by atoms with E-state index in [1.165, 1.54) is 0 Å². The third-order valence-electron chi connectivity index (χ3n) is 7.03. The zero-order valence-electron chi connectivity index (χ0n) is 20.3. The third kappa shape index (κ3) is 2.95. The minimum atomic E-state index is 0.717. The molecule has 1 N–H and O–H groups in total. The molecule has 38 heavy (non-hydrogen) atoms. The van der Waals surface area contributed by atoms with Crippen LogP contribution in [0.15, 0.2) is 128 Å². The number of nitrogens with zero attached hydrogens (tertiary/aromatic N) is 7. The lowest BCUT2D eigenvalue weighted by Crippen LogP contribution is -2.45. The summed E-state index contributed by atoms with van der Waals surface area (Å²) >= 11 is 0. The van der Waals surface area contributed by atoms with Gasteiger partial charge in [-0.3, -0.25) is 14.1 Å². The van der Waals surface area contributed by atoms with Crippen LogP contribution in [0.1, 0.15) is 0 Å². The number of benzene rings is 4. The van der Waals surface area contributed by atoms with Crippen LogP contribution >= 0.6 is 0 Å². The van der Waals surface area contributed by atoms with E-state index in [9.17, 15) is 0 Å². The van der Waals surface area contributed by atoms with Crippen LogP contribution in [0.3, 0.4) is 0 Å². The van der Waals surface area contributed by atoms with Crippen molar-refractivity contribution in [3.63, 3.8) is 0 Å². The zero-order valence-corrected chi connectivity index (χ0v) is 20.3. The Kier molecular flexibility index (Phi) is 4.43. The second-order valence-corrected chi connectivity index (χ2v) is 9.16. The molecule has 4 heterocycles. The Morgan fingerprint density at radius 1 is 0.605 bits per heavy atom. The van der Waals surface area contributed by atoms with E-state index >= 15 is 0 Å². The monoisotopic (exact) mass is 494 g/mol. The SMILES string of the molecule is C1=CN(n2c3ccccc3c3c4ccccc4n(-c4nncn4-c4ccccc4)c32)NN1c1ccccc1. The normalized spacial score (nSPS) is 13.5. The minimum absolute atomic E-state index is 0.717. The van der Waals surface area contributed by atoms with E-state index in [1.54, 1.807) is 6.33 Å². The summed E-state index contributed by atoms with van der Waals surface area (Å²) < 4.78 is 6.43. The summed E-state index contributed by atoms with van der Waals surface area (Å²) in [6, 6.07) is 37.4. The number of nitrogens with one attached hydrogen (secondary N) is 1. The van der Waals surface area contributed by atoms with Crippen molar-refractivity contribution in [2.75, 3.05) is 10.1 Å². The molecule has 0 radical (unpaired) electrons. The number of hydrogen-bond acceptors (Lipinski definition) is 5. The molecule has 8 heteroatoms. The maximum atomic E-state index is 4.63. The first-order valence-corrected chi connectivity index (χ1v) is 12.5. The Hall–Kier alpha value is -5.34. The molecule has 182 valence electrons. The molecule has 0 saturated carbocycles. The summed E-state index contributed by atoms with van der Waals surface area (Å²) in [4.78, 5) is 0. The standard InChI is InChI=1S/C30H22N8/c1-3-11-22(12-4-1)34-21-31-32-30(34)37-26-17-9-7-15-24(26)28-25-16-8-10-18-27(25)38(29(28)37)36-20-19-35(33-36)23-13-5-2-6-14-23/h1-21,33H. The van der Waals surface area contributed by atoms with Crippen LogP contribution in [0.25, 0.3) is 44.5 Å². The zero-order chi connectivity index (χ0) is 25.1. The van der Waals surface area contributed by atoms with E-state index in [-0.39, 0.29) is 0 Å². The van der Waals surface area contributed by atoms with Gasteiger partial charge >= 0.3 is 0 Å². The van der Waals surface area contributed by atoms with Crippen LogP contribution in [0, 0.1) is 0 Å². The Labute approximate surface area is 217 Å². The van der Waals surface area contributed by atoms with Crippen LogP contribution in [-0.4, -0.2) is 24.0 Å². The van der Waals surface area contributed by atoms with E-state index in [4.69, 9.17) is 0 Å². The Bertz CT molecular complexity index is 1960. The number of hydrazine groups is 2. The Balaban J connectivity index is 1.43. The summed E-state index contributed by atoms with van der Waals surface area (Å²) in [5.74, 6) is 0.717. The fourth-order valence-corrected chi connectivity index (χ4v) is 5.40. The summed E-state index contributed by atoms with van der Waals surface area (Å²) in [5.41, 5.74) is 8.69. The molecule has 1 aliphatic rings. The first-order valence-electron chi connectivity index (χ1n) is 12.5. The Morgan fingerprint density at radius 3 is 2.00 bits per heavy atom. The highest BCUT2D eigenvalue weighted by Crippen LogP contribution is 2.39. The highest BCUT2D eigenvalue weighted by Gasteiger charge is 2.27. The lowest BCUT2D eigenvalue weighted by atomic mass is 10.1. The van der Waals surface area contributed by atoms with Gasteiger partial charge in [0.25, 0.3) is 0 Å². The average molecular weight is 495 g/mol. The van der Waals surface area contributed by atoms with Crippen molar-refractivity contribution in [2.45, 2.75) is 0 Å². The lowest BCUT2D eigenvalue weighted by Gasteiger charge is -2.25. The molecule has 8 rings (SSSR count). The molecule has 8 nitrogen and oxygen atoms in total. The third-order valence-corrected chi connectivity index (χ3v) is 7.03. The Morgan fingerprint density at radius 2 is 1.24 bits per heavy atom. The van der Waals surface area contributed by atoms with Crippen LogP contribution in [0.2, 0.25) is 0 Å². The minimum Gasteiger partial charge on any atom is -0.267 e. The fourth-order valence-electron chi connectivity index (χ4n) is 5.40. The van der Waals surface area contributed by atoms with Crippen molar-refractivity contribution in [1.82, 2.24) is 29.5 Å². The van der Waals surface area contributed by atoms with Crippen LogP contribution in [-0.2, 0) is 0 Å². The predicted octanol–water partition coefficient (Wildman–Crippen LogP) is 5.67. The summed E-state index contributed by atoms with van der Waals surface area (Å²) in [5, 5.41) is 16.5. The second kappa shape index (κ2) is 8.09. The lowest BCUT2D eigenvalue weighted by molar-refractivity contribution is 0.608. The number of rotatable bonds is 4. The van der Waals surface area contributed by atoms with E-state index in [0.717, 1.165) is 50.2 Å². The topological polar surface area (TPSA) is 59.1 Å². The predicted molar refractivity (Wildman–Crippen MR) is 151 cm³/mol. The summed E-state index contributed by atoms with van der Waals surface area (Å²) in [6.07, 6.45) is 5.82. The van der Waals surface area contributed by atoms with Crippen molar-refractivity contribution < 1.29 is 0 Å². The molecule has 0 spiro atoms. The van der Waals surface area contributed by atoms with Crippen molar-refractivity contribution in [1.29, 1.82) is 0 Å². The molecule has 0 saturated heterocycles. The van der Waals surface area contributed by atoms with Gasteiger partial charge in [0.05, 0.1) is 28.6 Å². The molecule has 0 aliphatic carbocycles. The molecule has 4 aromatic carbocycles. The smallest absolute Gasteiger partial charge is 0.242 e. The van der Waals surface area contributed by atoms with E-state index in [2.05, 4.69) is 97.8 Å². The van der Waals surface area contributed by atoms with Crippen molar-refractivity contribution in [2.24, 2.45) is 0 Å². The molecular weight excluding hydrogens is 472 g/mol. The van der Waals surface area contributed by atoms with Gasteiger partial charge in [-0.05, 0) is 36.4 Å². The molecule has 0 unspecified atom stereocenters. The van der Waals surface area contributed by atoms with Gasteiger partial charge in [-0.2, -0.15) is 5.12 Å². The number of para-hydroxylation sites is 4. The number of fused-ring (bicyclic) bond motifs is 5. The van der Waals surface area contributed by atoms with E-state index in [0.29, 0.717) is 0 Å². The van der Waals surface area contributed by atoms with Gasteiger partial charge in [0.1, 0.15) is 12.0 Å². The number of hydrogen-bond donors (Lipinski definition) is 1. The van der Waals surface area contributed by atoms with Crippen LogP contribution in [0.4, 0.5) is 5.69 Å². The quantitative estimate of drug-likeness (QED) is 0.342. The van der Waals surface area contributed by atoms with Gasteiger partial charge in [0.15, 0.2) is 0 Å². The molecule has 0 bridgehead atoms. The summed E-state index contributed by atoms with van der Waals surface area (Å²) in [6.45, 7) is 0. The highest BCUT2D eigenvalue weighted by atomic mass is 15.9. The molecule has 7 aromatic rings. The molecule has 0 atom stereocenters. The number of aromatic nitrogens is 5. The van der Waals surface area contributed by atoms with Gasteiger partial charge in [-0.1, -0.05) is 72.8 Å². The van der Waals surface area contributed by atoms with Gasteiger partial charge in [0.2, 0.25) is 5.95 Å². The average Bonchev–Trinajstić information content (AvgIpc) is 3.76. The molecule has 1 aliphatic heterocycles. The fraction of sp³-hybridized carbons (Fsp3) is 0. The first-order chi connectivity index (χ1) is 18.9. The molecular formula is C30H22N8. The van der Waals surface area contributed by atoms with E-state index < -0.39 is 0 Å². The van der Waals surface area contributed by atoms with Crippen molar-refractivity contribution in [3.8, 4) is 11.6 Å². The maximum absolute atomic E-state index is 4.63. The summed E-state index contributed by atoms with van der Waals surface area (Å²) in [7, 11) is 0. The van der Waals surface area contributed by atoms with Gasteiger partial charge < -0.3 is 0 Å². The largest absolute Gasteiger partial charge is 0.267 e. The molecule has 0 amide bonds. The molecule has 3 aromatic heterocycles. The van der Waals surface area contributed by atoms with Gasteiger partial charge in [0, 0.05) is 22.4 Å². The second-order valence-electron chi connectivity index (χ2n) is 9.16. The van der Waals surface area contributed by atoms with Crippen LogP contribution < -0.4 is 15.7 Å². The van der Waals surface area contributed by atoms with Crippen molar-refractivity contribution >= 4 is 38.5 Å². The van der Waals surface area contributed by atoms with E-state index in [1.807, 2.05) is 63.5 Å². The van der Waals surface area contributed by atoms with Crippen LogP contribution in [0.5, 0.6) is 0 Å².